The monoisotopic (exact) mass is 421 g/mol. The van der Waals surface area contributed by atoms with Gasteiger partial charge < -0.3 is 19.9 Å². The molecule has 0 unspecified atom stereocenters. The summed E-state index contributed by atoms with van der Waals surface area (Å²) in [5.74, 6) is 0.985. The van der Waals surface area contributed by atoms with Crippen molar-refractivity contribution in [3.63, 3.8) is 0 Å². The second-order valence-electron chi connectivity index (χ2n) is 8.48. The van der Waals surface area contributed by atoms with Crippen molar-refractivity contribution in [1.82, 2.24) is 0 Å². The van der Waals surface area contributed by atoms with Crippen LogP contribution >= 0.6 is 0 Å². The van der Waals surface area contributed by atoms with Gasteiger partial charge in [0.05, 0.1) is 13.2 Å². The highest BCUT2D eigenvalue weighted by atomic mass is 16.7. The van der Waals surface area contributed by atoms with Gasteiger partial charge in [-0.2, -0.15) is 0 Å². The molecular weight excluding hydrogens is 390 g/mol. The molecule has 31 heavy (non-hydrogen) atoms. The summed E-state index contributed by atoms with van der Waals surface area (Å²) >= 11 is 0. The molecule has 2 aliphatic rings. The van der Waals surface area contributed by atoms with E-state index in [0.717, 1.165) is 23.2 Å². The summed E-state index contributed by atoms with van der Waals surface area (Å²) in [5, 5.41) is 12.1. The molecule has 5 nitrogen and oxygen atoms in total. The molecule has 0 radical (unpaired) electrons. The van der Waals surface area contributed by atoms with E-state index >= 15 is 0 Å². The Morgan fingerprint density at radius 2 is 1.71 bits per heavy atom. The second-order valence-corrected chi connectivity index (χ2v) is 8.48. The van der Waals surface area contributed by atoms with Crippen LogP contribution in [0.3, 0.4) is 0 Å². The Bertz CT molecular complexity index is 872. The number of ether oxygens (including phenoxy) is 2. The van der Waals surface area contributed by atoms with Crippen molar-refractivity contribution < 1.29 is 19.4 Å². The van der Waals surface area contributed by atoms with Gasteiger partial charge in [-0.25, -0.2) is 0 Å². The van der Waals surface area contributed by atoms with Crippen molar-refractivity contribution in [1.29, 1.82) is 0 Å². The number of carbonyl (C=O) groups is 1. The molecule has 2 N–H and O–H groups in total. The average molecular weight is 422 g/mol. The first-order valence-corrected chi connectivity index (χ1v) is 11.3. The number of carbonyl (C=O) groups excluding carboxylic acids is 1. The van der Waals surface area contributed by atoms with E-state index in [1.807, 2.05) is 60.7 Å². The van der Waals surface area contributed by atoms with E-state index in [2.05, 4.69) is 5.32 Å². The van der Waals surface area contributed by atoms with Gasteiger partial charge in [0.25, 0.3) is 5.91 Å². The zero-order valence-electron chi connectivity index (χ0n) is 17.8. The van der Waals surface area contributed by atoms with E-state index < -0.39 is 6.29 Å². The molecule has 1 aliphatic heterocycles. The van der Waals surface area contributed by atoms with Crippen molar-refractivity contribution in [2.75, 3.05) is 5.32 Å². The number of allylic oxidation sites excluding steroid dienone is 1. The Balaban J connectivity index is 1.44. The van der Waals surface area contributed by atoms with E-state index in [1.54, 1.807) is 0 Å². The Morgan fingerprint density at radius 3 is 2.42 bits per heavy atom. The molecule has 1 amide bonds. The Kier molecular flexibility index (Phi) is 7.39. The summed E-state index contributed by atoms with van der Waals surface area (Å²) in [6, 6.07) is 17.1. The minimum Gasteiger partial charge on any atom is -0.459 e. The maximum absolute atomic E-state index is 12.9. The van der Waals surface area contributed by atoms with Crippen LogP contribution in [0.4, 0.5) is 5.69 Å². The van der Waals surface area contributed by atoms with Gasteiger partial charge in [0.2, 0.25) is 6.29 Å². The third-order valence-corrected chi connectivity index (χ3v) is 6.24. The van der Waals surface area contributed by atoms with E-state index in [4.69, 9.17) is 9.47 Å². The standard InChI is InChI=1S/C26H31NO4/c28-17-19-11-13-20(14-12-19)18-30-25-16-22(21-7-3-1-4-8-21)15-24(31-25)26(29)27-23-9-5-2-6-10-23/h2,5-6,9-15,21-22,25,28H,1,3-4,7-8,16-18H2,(H,27,29)/t22-,25+/m0/s1. The van der Waals surface area contributed by atoms with Crippen LogP contribution in [-0.2, 0) is 27.5 Å². The van der Waals surface area contributed by atoms with Crippen LogP contribution in [0.5, 0.6) is 0 Å². The normalized spacial score (nSPS) is 21.8. The summed E-state index contributed by atoms with van der Waals surface area (Å²) in [6.45, 7) is 0.433. The maximum Gasteiger partial charge on any atom is 0.290 e. The molecule has 2 aromatic carbocycles. The van der Waals surface area contributed by atoms with Crippen LogP contribution in [-0.4, -0.2) is 17.3 Å². The molecule has 0 saturated heterocycles. The number of benzene rings is 2. The first-order chi connectivity index (χ1) is 15.2. The lowest BCUT2D eigenvalue weighted by atomic mass is 9.77. The Morgan fingerprint density at radius 1 is 1.00 bits per heavy atom. The summed E-state index contributed by atoms with van der Waals surface area (Å²) in [7, 11) is 0. The molecule has 0 bridgehead atoms. The van der Waals surface area contributed by atoms with E-state index in [1.165, 1.54) is 32.1 Å². The maximum atomic E-state index is 12.9. The highest BCUT2D eigenvalue weighted by molar-refractivity contribution is 6.02. The molecule has 1 aliphatic carbocycles. The quantitative estimate of drug-likeness (QED) is 0.648. The van der Waals surface area contributed by atoms with E-state index in [0.29, 0.717) is 18.3 Å². The summed E-state index contributed by atoms with van der Waals surface area (Å²) in [4.78, 5) is 12.9. The van der Waals surface area contributed by atoms with Gasteiger partial charge in [0.15, 0.2) is 5.76 Å². The fraction of sp³-hybridized carbons (Fsp3) is 0.423. The third kappa shape index (κ3) is 5.96. The summed E-state index contributed by atoms with van der Waals surface area (Å²) < 4.78 is 12.1. The molecule has 164 valence electrons. The van der Waals surface area contributed by atoms with Gasteiger partial charge >= 0.3 is 0 Å². The summed E-state index contributed by atoms with van der Waals surface area (Å²) in [6.07, 6.45) is 8.54. The topological polar surface area (TPSA) is 67.8 Å². The Hall–Kier alpha value is -2.63. The number of hydrogen-bond donors (Lipinski definition) is 2. The molecule has 1 heterocycles. The number of aliphatic hydroxyl groups is 1. The van der Waals surface area contributed by atoms with E-state index in [9.17, 15) is 9.90 Å². The number of para-hydroxylation sites is 1. The first kappa shape index (κ1) is 21.6. The molecule has 5 heteroatoms. The van der Waals surface area contributed by atoms with Gasteiger partial charge in [-0.3, -0.25) is 4.79 Å². The van der Waals surface area contributed by atoms with Gasteiger partial charge in [-0.15, -0.1) is 0 Å². The molecular formula is C26H31NO4. The van der Waals surface area contributed by atoms with Crippen molar-refractivity contribution in [3.8, 4) is 0 Å². The molecule has 2 aromatic rings. The number of hydrogen-bond acceptors (Lipinski definition) is 4. The van der Waals surface area contributed by atoms with Gasteiger partial charge in [-0.1, -0.05) is 61.7 Å². The van der Waals surface area contributed by atoms with Gasteiger partial charge in [0, 0.05) is 12.1 Å². The second kappa shape index (κ2) is 10.6. The minimum absolute atomic E-state index is 0.0284. The van der Waals surface area contributed by atoms with Gasteiger partial charge in [-0.05, 0) is 54.0 Å². The number of aliphatic hydroxyl groups excluding tert-OH is 1. The number of amides is 1. The zero-order valence-corrected chi connectivity index (χ0v) is 17.8. The largest absolute Gasteiger partial charge is 0.459 e. The van der Waals surface area contributed by atoms with Crippen LogP contribution < -0.4 is 5.32 Å². The summed E-state index contributed by atoms with van der Waals surface area (Å²) in [5.41, 5.74) is 2.64. The van der Waals surface area contributed by atoms with E-state index in [-0.39, 0.29) is 18.4 Å². The lowest BCUT2D eigenvalue weighted by Gasteiger charge is -2.35. The molecule has 0 spiro atoms. The van der Waals surface area contributed by atoms with Crippen LogP contribution in [0, 0.1) is 11.8 Å². The van der Waals surface area contributed by atoms with Crippen LogP contribution in [0.1, 0.15) is 49.7 Å². The third-order valence-electron chi connectivity index (χ3n) is 6.24. The molecule has 4 rings (SSSR count). The van der Waals surface area contributed by atoms with Crippen LogP contribution in [0.15, 0.2) is 66.4 Å². The first-order valence-electron chi connectivity index (χ1n) is 11.3. The molecule has 2 atom stereocenters. The lowest BCUT2D eigenvalue weighted by Crippen LogP contribution is -2.33. The number of rotatable bonds is 7. The molecule has 1 saturated carbocycles. The van der Waals surface area contributed by atoms with Crippen molar-refractivity contribution in [3.05, 3.63) is 77.6 Å². The van der Waals surface area contributed by atoms with Crippen LogP contribution in [0.2, 0.25) is 0 Å². The number of nitrogens with one attached hydrogen (secondary N) is 1. The average Bonchev–Trinajstić information content (AvgIpc) is 2.84. The van der Waals surface area contributed by atoms with Crippen LogP contribution in [0.25, 0.3) is 0 Å². The van der Waals surface area contributed by atoms with Gasteiger partial charge in [0.1, 0.15) is 0 Å². The lowest BCUT2D eigenvalue weighted by molar-refractivity contribution is -0.153. The predicted molar refractivity (Wildman–Crippen MR) is 120 cm³/mol. The smallest absolute Gasteiger partial charge is 0.290 e. The Labute approximate surface area is 184 Å². The highest BCUT2D eigenvalue weighted by Gasteiger charge is 2.33. The fourth-order valence-electron chi connectivity index (χ4n) is 4.48. The minimum atomic E-state index is -0.453. The molecule has 0 aromatic heterocycles. The van der Waals surface area contributed by atoms with Crippen molar-refractivity contribution >= 4 is 11.6 Å². The van der Waals surface area contributed by atoms with Crippen molar-refractivity contribution in [2.24, 2.45) is 11.8 Å². The predicted octanol–water partition coefficient (Wildman–Crippen LogP) is 5.16. The number of anilines is 1. The van der Waals surface area contributed by atoms with Crippen molar-refractivity contribution in [2.45, 2.75) is 58.0 Å². The fourth-order valence-corrected chi connectivity index (χ4v) is 4.48. The zero-order chi connectivity index (χ0) is 21.5. The molecule has 1 fully saturated rings. The highest BCUT2D eigenvalue weighted by Crippen LogP contribution is 2.37. The SMILES string of the molecule is O=C(Nc1ccccc1)C1=C[C@H](C2CCCCC2)C[C@H](OCc2ccc(CO)cc2)O1.